The highest BCUT2D eigenvalue weighted by Crippen LogP contribution is 2.16. The van der Waals surface area contributed by atoms with Gasteiger partial charge in [0.1, 0.15) is 11.3 Å². The van der Waals surface area contributed by atoms with Gasteiger partial charge in [-0.2, -0.15) is 0 Å². The summed E-state index contributed by atoms with van der Waals surface area (Å²) in [6.07, 6.45) is 0.572. The van der Waals surface area contributed by atoms with Gasteiger partial charge in [0.05, 0.1) is 13.7 Å². The van der Waals surface area contributed by atoms with Crippen LogP contribution >= 0.6 is 0 Å². The first-order valence-electron chi connectivity index (χ1n) is 8.24. The van der Waals surface area contributed by atoms with E-state index in [1.165, 1.54) is 13.1 Å². The van der Waals surface area contributed by atoms with Crippen molar-refractivity contribution in [1.82, 2.24) is 10.3 Å². The normalized spacial score (nSPS) is 11.3. The smallest absolute Gasteiger partial charge is 0.344 e. The molecule has 0 aliphatic heterocycles. The van der Waals surface area contributed by atoms with Crippen LogP contribution < -0.4 is 14.8 Å². The monoisotopic (exact) mass is 358 g/mol. The van der Waals surface area contributed by atoms with Crippen LogP contribution in [0.15, 0.2) is 42.6 Å². The van der Waals surface area contributed by atoms with E-state index in [1.54, 1.807) is 26.2 Å². The van der Waals surface area contributed by atoms with E-state index in [1.807, 2.05) is 24.3 Å². The molecule has 1 unspecified atom stereocenters. The van der Waals surface area contributed by atoms with Crippen LogP contribution in [0.4, 0.5) is 0 Å². The summed E-state index contributed by atoms with van der Waals surface area (Å²) in [5, 5.41) is 2.73. The van der Waals surface area contributed by atoms with E-state index in [2.05, 4.69) is 10.3 Å². The van der Waals surface area contributed by atoms with Gasteiger partial charge in [-0.25, -0.2) is 9.78 Å². The van der Waals surface area contributed by atoms with Crippen LogP contribution in [0.5, 0.6) is 11.6 Å². The number of aromatic nitrogens is 1. The van der Waals surface area contributed by atoms with Crippen molar-refractivity contribution in [3.05, 3.63) is 53.7 Å². The molecule has 0 aliphatic rings. The number of rotatable bonds is 8. The van der Waals surface area contributed by atoms with Gasteiger partial charge < -0.3 is 19.5 Å². The molecule has 7 nitrogen and oxygen atoms in total. The number of benzene rings is 1. The molecule has 1 amide bonds. The number of nitrogens with zero attached hydrogens (tertiary/aromatic N) is 1. The standard InChI is InChI=1S/C19H22N2O5/c1-4-25-18-16(6-5-11-20-18)19(23)26-13(2)17(22)21-12-14-7-9-15(24-3)10-8-14/h5-11,13H,4,12H2,1-3H3,(H,21,22). The third-order valence-electron chi connectivity index (χ3n) is 3.55. The summed E-state index contributed by atoms with van der Waals surface area (Å²) in [5.74, 6) is -0.126. The first-order valence-corrected chi connectivity index (χ1v) is 8.24. The molecule has 2 rings (SSSR count). The molecule has 2 aromatic rings. The lowest BCUT2D eigenvalue weighted by Crippen LogP contribution is -2.35. The zero-order valence-corrected chi connectivity index (χ0v) is 15.0. The van der Waals surface area contributed by atoms with E-state index in [-0.39, 0.29) is 11.4 Å². The van der Waals surface area contributed by atoms with Crippen LogP contribution in [0.1, 0.15) is 29.8 Å². The first-order chi connectivity index (χ1) is 12.5. The Kier molecular flexibility index (Phi) is 6.96. The molecule has 0 aliphatic carbocycles. The number of esters is 1. The molecule has 7 heteroatoms. The summed E-state index contributed by atoms with van der Waals surface area (Å²) in [7, 11) is 1.59. The lowest BCUT2D eigenvalue weighted by atomic mass is 10.2. The van der Waals surface area contributed by atoms with Crippen LogP contribution in [0.3, 0.4) is 0 Å². The second-order valence-corrected chi connectivity index (χ2v) is 5.40. The number of carbonyl (C=O) groups is 2. The second kappa shape index (κ2) is 9.41. The third kappa shape index (κ3) is 5.20. The zero-order valence-electron chi connectivity index (χ0n) is 15.0. The van der Waals surface area contributed by atoms with Gasteiger partial charge in [-0.15, -0.1) is 0 Å². The lowest BCUT2D eigenvalue weighted by molar-refractivity contribution is -0.129. The topological polar surface area (TPSA) is 86.8 Å². The zero-order chi connectivity index (χ0) is 18.9. The maximum atomic E-state index is 12.3. The van der Waals surface area contributed by atoms with Crippen molar-refractivity contribution in [1.29, 1.82) is 0 Å². The molecule has 0 saturated carbocycles. The second-order valence-electron chi connectivity index (χ2n) is 5.40. The Hall–Kier alpha value is -3.09. The average molecular weight is 358 g/mol. The number of ether oxygens (including phenoxy) is 3. The lowest BCUT2D eigenvalue weighted by Gasteiger charge is -2.14. The highest BCUT2D eigenvalue weighted by molar-refractivity contribution is 5.94. The Bertz CT molecular complexity index is 746. The number of methoxy groups -OCH3 is 1. The minimum absolute atomic E-state index is 0.184. The van der Waals surface area contributed by atoms with E-state index in [0.29, 0.717) is 13.2 Å². The van der Waals surface area contributed by atoms with Crippen LogP contribution in [-0.4, -0.2) is 36.7 Å². The highest BCUT2D eigenvalue weighted by atomic mass is 16.5. The number of pyridine rings is 1. The molecular formula is C19H22N2O5. The predicted molar refractivity (Wildman–Crippen MR) is 95.1 cm³/mol. The quantitative estimate of drug-likeness (QED) is 0.729. The molecule has 26 heavy (non-hydrogen) atoms. The minimum atomic E-state index is -0.949. The predicted octanol–water partition coefficient (Wildman–Crippen LogP) is 2.35. The Morgan fingerprint density at radius 3 is 2.58 bits per heavy atom. The molecular weight excluding hydrogens is 336 g/mol. The Balaban J connectivity index is 1.90. The van der Waals surface area contributed by atoms with Gasteiger partial charge in [-0.3, -0.25) is 4.79 Å². The molecule has 1 aromatic heterocycles. The maximum Gasteiger partial charge on any atom is 0.344 e. The molecule has 0 spiro atoms. The number of hydrogen-bond acceptors (Lipinski definition) is 6. The van der Waals surface area contributed by atoms with Crippen molar-refractivity contribution in [3.63, 3.8) is 0 Å². The van der Waals surface area contributed by atoms with Crippen molar-refractivity contribution in [2.45, 2.75) is 26.5 Å². The van der Waals surface area contributed by atoms with Gasteiger partial charge in [0.2, 0.25) is 5.88 Å². The third-order valence-corrected chi connectivity index (χ3v) is 3.55. The van der Waals surface area contributed by atoms with E-state index in [0.717, 1.165) is 11.3 Å². The molecule has 0 saturated heterocycles. The van der Waals surface area contributed by atoms with Crippen molar-refractivity contribution >= 4 is 11.9 Å². The summed E-state index contributed by atoms with van der Waals surface area (Å²) in [6, 6.07) is 10.5. The average Bonchev–Trinajstić information content (AvgIpc) is 2.67. The van der Waals surface area contributed by atoms with Gasteiger partial charge in [-0.05, 0) is 43.7 Å². The molecule has 0 radical (unpaired) electrons. The van der Waals surface area contributed by atoms with Crippen LogP contribution in [0, 0.1) is 0 Å². The summed E-state index contributed by atoms with van der Waals surface area (Å²) in [5.41, 5.74) is 1.09. The van der Waals surface area contributed by atoms with E-state index in [4.69, 9.17) is 14.2 Å². The summed E-state index contributed by atoms with van der Waals surface area (Å²) in [6.45, 7) is 3.99. The van der Waals surface area contributed by atoms with E-state index < -0.39 is 18.0 Å². The van der Waals surface area contributed by atoms with Crippen molar-refractivity contribution < 1.29 is 23.8 Å². The van der Waals surface area contributed by atoms with Crippen LogP contribution in [-0.2, 0) is 16.1 Å². The van der Waals surface area contributed by atoms with E-state index in [9.17, 15) is 9.59 Å². The fourth-order valence-corrected chi connectivity index (χ4v) is 2.15. The van der Waals surface area contributed by atoms with Gasteiger partial charge in [0, 0.05) is 12.7 Å². The summed E-state index contributed by atoms with van der Waals surface area (Å²) in [4.78, 5) is 28.4. The fraction of sp³-hybridized carbons (Fsp3) is 0.316. The van der Waals surface area contributed by atoms with Gasteiger partial charge >= 0.3 is 5.97 Å². The summed E-state index contributed by atoms with van der Waals surface area (Å²) >= 11 is 0. The minimum Gasteiger partial charge on any atom is -0.497 e. The molecule has 1 N–H and O–H groups in total. The molecule has 0 fully saturated rings. The molecule has 0 bridgehead atoms. The van der Waals surface area contributed by atoms with Gasteiger partial charge in [0.25, 0.3) is 5.91 Å². The Morgan fingerprint density at radius 1 is 1.19 bits per heavy atom. The summed E-state index contributed by atoms with van der Waals surface area (Å²) < 4.78 is 15.6. The molecule has 1 aromatic carbocycles. The fourth-order valence-electron chi connectivity index (χ4n) is 2.15. The van der Waals surface area contributed by atoms with Crippen molar-refractivity contribution in [3.8, 4) is 11.6 Å². The van der Waals surface area contributed by atoms with Crippen LogP contribution in [0.2, 0.25) is 0 Å². The SMILES string of the molecule is CCOc1ncccc1C(=O)OC(C)C(=O)NCc1ccc(OC)cc1. The number of amides is 1. The van der Waals surface area contributed by atoms with Crippen molar-refractivity contribution in [2.24, 2.45) is 0 Å². The van der Waals surface area contributed by atoms with Crippen LogP contribution in [0.25, 0.3) is 0 Å². The molecule has 1 heterocycles. The maximum absolute atomic E-state index is 12.3. The Labute approximate surface area is 152 Å². The molecule has 138 valence electrons. The highest BCUT2D eigenvalue weighted by Gasteiger charge is 2.21. The first kappa shape index (κ1) is 19.2. The van der Waals surface area contributed by atoms with Crippen molar-refractivity contribution in [2.75, 3.05) is 13.7 Å². The van der Waals surface area contributed by atoms with E-state index >= 15 is 0 Å². The number of nitrogens with one attached hydrogen (secondary N) is 1. The largest absolute Gasteiger partial charge is 0.497 e. The Morgan fingerprint density at radius 2 is 1.92 bits per heavy atom. The number of carbonyl (C=O) groups excluding carboxylic acids is 2. The molecule has 1 atom stereocenters. The number of hydrogen-bond donors (Lipinski definition) is 1. The van der Waals surface area contributed by atoms with Gasteiger partial charge in [0.15, 0.2) is 6.10 Å². The van der Waals surface area contributed by atoms with Gasteiger partial charge in [-0.1, -0.05) is 12.1 Å².